The highest BCUT2D eigenvalue weighted by Gasteiger charge is 2.21. The second-order valence-corrected chi connectivity index (χ2v) is 6.43. The third-order valence-electron chi connectivity index (χ3n) is 2.87. The van der Waals surface area contributed by atoms with Crippen LogP contribution in [0.25, 0.3) is 0 Å². The molecule has 0 saturated heterocycles. The summed E-state index contributed by atoms with van der Waals surface area (Å²) in [4.78, 5) is 10.7. The average Bonchev–Trinajstić information content (AvgIpc) is 2.51. The Morgan fingerprint density at radius 3 is 2.43 bits per heavy atom. The summed E-state index contributed by atoms with van der Waals surface area (Å²) >= 11 is 5.77. The van der Waals surface area contributed by atoms with Gasteiger partial charge in [0.1, 0.15) is 16.5 Å². The first-order chi connectivity index (χ1) is 10.8. The van der Waals surface area contributed by atoms with Crippen molar-refractivity contribution < 1.29 is 26.5 Å². The van der Waals surface area contributed by atoms with Gasteiger partial charge in [0.15, 0.2) is 0 Å². The molecule has 2 aromatic rings. The molecule has 0 amide bonds. The van der Waals surface area contributed by atoms with Crippen LogP contribution in [0.4, 0.5) is 4.39 Å². The number of methoxy groups -OCH3 is 1. The molecule has 8 heteroatoms. The standard InChI is InChI=1S/C15H12ClFO5S/c1-21-15(18)8-10-2-5-12(6-3-10)22-23(19,20)14-9-11(17)4-7-13(14)16/h2-7,9H,8H2,1H3. The number of halogens is 2. The van der Waals surface area contributed by atoms with Gasteiger partial charge in [0, 0.05) is 0 Å². The van der Waals surface area contributed by atoms with Gasteiger partial charge in [-0.25, -0.2) is 4.39 Å². The van der Waals surface area contributed by atoms with Crippen LogP contribution < -0.4 is 4.18 Å². The molecule has 0 unspecified atom stereocenters. The molecular formula is C15H12ClFO5S. The van der Waals surface area contributed by atoms with Gasteiger partial charge in [-0.1, -0.05) is 23.7 Å². The van der Waals surface area contributed by atoms with E-state index in [2.05, 4.69) is 4.74 Å². The molecule has 0 aliphatic heterocycles. The molecule has 0 atom stereocenters. The van der Waals surface area contributed by atoms with Gasteiger partial charge in [-0.05, 0) is 35.9 Å². The third-order valence-corrected chi connectivity index (χ3v) is 4.60. The Morgan fingerprint density at radius 1 is 1.17 bits per heavy atom. The van der Waals surface area contributed by atoms with Crippen molar-refractivity contribution in [2.75, 3.05) is 7.11 Å². The number of benzene rings is 2. The Hall–Kier alpha value is -2.12. The first-order valence-corrected chi connectivity index (χ1v) is 8.16. The van der Waals surface area contributed by atoms with E-state index in [0.29, 0.717) is 5.56 Å². The van der Waals surface area contributed by atoms with E-state index in [1.807, 2.05) is 0 Å². The fraction of sp³-hybridized carbons (Fsp3) is 0.133. The first kappa shape index (κ1) is 17.2. The monoisotopic (exact) mass is 358 g/mol. The molecule has 2 rings (SSSR count). The zero-order chi connectivity index (χ0) is 17.0. The molecule has 0 saturated carbocycles. The van der Waals surface area contributed by atoms with Crippen LogP contribution in [0.15, 0.2) is 47.4 Å². The summed E-state index contributed by atoms with van der Waals surface area (Å²) in [6, 6.07) is 8.76. The predicted molar refractivity (Wildman–Crippen MR) is 81.4 cm³/mol. The highest BCUT2D eigenvalue weighted by molar-refractivity contribution is 7.87. The van der Waals surface area contributed by atoms with E-state index in [1.165, 1.54) is 31.4 Å². The molecule has 0 fully saturated rings. The highest BCUT2D eigenvalue weighted by Crippen LogP contribution is 2.26. The Morgan fingerprint density at radius 2 is 1.83 bits per heavy atom. The van der Waals surface area contributed by atoms with E-state index in [-0.39, 0.29) is 17.2 Å². The molecule has 0 aliphatic carbocycles. The minimum absolute atomic E-state index is 0.0129. The number of hydrogen-bond donors (Lipinski definition) is 0. The first-order valence-electron chi connectivity index (χ1n) is 6.37. The Labute approximate surface area is 137 Å². The number of carbonyl (C=O) groups excluding carboxylic acids is 1. The maximum Gasteiger partial charge on any atom is 0.340 e. The second kappa shape index (κ2) is 6.97. The lowest BCUT2D eigenvalue weighted by Crippen LogP contribution is -2.11. The van der Waals surface area contributed by atoms with Crippen molar-refractivity contribution in [3.8, 4) is 5.75 Å². The molecule has 0 heterocycles. The molecular weight excluding hydrogens is 347 g/mol. The number of rotatable bonds is 5. The van der Waals surface area contributed by atoms with Crippen LogP contribution in [-0.4, -0.2) is 21.5 Å². The van der Waals surface area contributed by atoms with Gasteiger partial charge in [0.05, 0.1) is 18.6 Å². The maximum atomic E-state index is 13.2. The minimum atomic E-state index is -4.27. The fourth-order valence-electron chi connectivity index (χ4n) is 1.74. The molecule has 5 nitrogen and oxygen atoms in total. The summed E-state index contributed by atoms with van der Waals surface area (Å²) in [7, 11) is -3.00. The second-order valence-electron chi connectivity index (χ2n) is 4.51. The molecule has 0 spiro atoms. The highest BCUT2D eigenvalue weighted by atomic mass is 35.5. The maximum absolute atomic E-state index is 13.2. The van der Waals surface area contributed by atoms with Gasteiger partial charge in [-0.3, -0.25) is 4.79 Å². The van der Waals surface area contributed by atoms with Gasteiger partial charge in [-0.2, -0.15) is 8.42 Å². The lowest BCUT2D eigenvalue weighted by atomic mass is 10.1. The summed E-state index contributed by atoms with van der Waals surface area (Å²) in [6.07, 6.45) is 0.0548. The van der Waals surface area contributed by atoms with Crippen molar-refractivity contribution in [1.82, 2.24) is 0 Å². The van der Waals surface area contributed by atoms with E-state index < -0.39 is 26.8 Å². The van der Waals surface area contributed by atoms with Crippen LogP contribution in [0, 0.1) is 5.82 Å². The number of esters is 1. The zero-order valence-electron chi connectivity index (χ0n) is 12.0. The van der Waals surface area contributed by atoms with E-state index >= 15 is 0 Å². The summed E-state index contributed by atoms with van der Waals surface area (Å²) in [5.41, 5.74) is 0.630. The van der Waals surface area contributed by atoms with Crippen LogP contribution in [0.5, 0.6) is 5.75 Å². The van der Waals surface area contributed by atoms with Crippen LogP contribution in [-0.2, 0) is 26.1 Å². The van der Waals surface area contributed by atoms with Crippen molar-refractivity contribution >= 4 is 27.7 Å². The normalized spacial score (nSPS) is 11.1. The smallest absolute Gasteiger partial charge is 0.340 e. The fourth-order valence-corrected chi connectivity index (χ4v) is 3.16. The summed E-state index contributed by atoms with van der Waals surface area (Å²) in [5.74, 6) is -1.15. The minimum Gasteiger partial charge on any atom is -0.469 e. The van der Waals surface area contributed by atoms with Gasteiger partial charge in [-0.15, -0.1) is 0 Å². The van der Waals surface area contributed by atoms with E-state index in [9.17, 15) is 17.6 Å². The predicted octanol–water partition coefficient (Wildman–Crippen LogP) is 2.96. The lowest BCUT2D eigenvalue weighted by Gasteiger charge is -2.09. The molecule has 0 aromatic heterocycles. The van der Waals surface area contributed by atoms with Crippen LogP contribution in [0.3, 0.4) is 0 Å². The van der Waals surface area contributed by atoms with E-state index in [4.69, 9.17) is 15.8 Å². The van der Waals surface area contributed by atoms with Crippen molar-refractivity contribution in [1.29, 1.82) is 0 Å². The summed E-state index contributed by atoms with van der Waals surface area (Å²) < 4.78 is 46.9. The number of hydrogen-bond acceptors (Lipinski definition) is 5. The van der Waals surface area contributed by atoms with Gasteiger partial charge in [0.25, 0.3) is 0 Å². The molecule has 23 heavy (non-hydrogen) atoms. The Kier molecular flexibility index (Phi) is 5.23. The lowest BCUT2D eigenvalue weighted by molar-refractivity contribution is -0.139. The Bertz CT molecular complexity index is 818. The topological polar surface area (TPSA) is 69.7 Å². The summed E-state index contributed by atoms with van der Waals surface area (Å²) in [5, 5.41) is -0.145. The number of carbonyl (C=O) groups is 1. The van der Waals surface area contributed by atoms with Crippen LogP contribution in [0.2, 0.25) is 5.02 Å². The third kappa shape index (κ3) is 4.43. The molecule has 2 aromatic carbocycles. The van der Waals surface area contributed by atoms with Crippen LogP contribution >= 0.6 is 11.6 Å². The van der Waals surface area contributed by atoms with E-state index in [1.54, 1.807) is 0 Å². The van der Waals surface area contributed by atoms with Crippen molar-refractivity contribution in [3.63, 3.8) is 0 Å². The zero-order valence-corrected chi connectivity index (χ0v) is 13.5. The average molecular weight is 359 g/mol. The van der Waals surface area contributed by atoms with Gasteiger partial charge in [0.2, 0.25) is 0 Å². The van der Waals surface area contributed by atoms with E-state index in [0.717, 1.165) is 18.2 Å². The summed E-state index contributed by atoms with van der Waals surface area (Å²) in [6.45, 7) is 0. The van der Waals surface area contributed by atoms with Gasteiger partial charge >= 0.3 is 16.1 Å². The largest absolute Gasteiger partial charge is 0.469 e. The number of ether oxygens (including phenoxy) is 1. The molecule has 0 N–H and O–H groups in total. The molecule has 0 radical (unpaired) electrons. The van der Waals surface area contributed by atoms with Crippen molar-refractivity contribution in [3.05, 3.63) is 58.9 Å². The van der Waals surface area contributed by atoms with Gasteiger partial charge < -0.3 is 8.92 Å². The molecule has 122 valence electrons. The Balaban J connectivity index is 2.20. The molecule has 0 bridgehead atoms. The van der Waals surface area contributed by atoms with Crippen molar-refractivity contribution in [2.24, 2.45) is 0 Å². The van der Waals surface area contributed by atoms with Crippen molar-refractivity contribution in [2.45, 2.75) is 11.3 Å². The van der Waals surface area contributed by atoms with Crippen LogP contribution in [0.1, 0.15) is 5.56 Å². The molecule has 0 aliphatic rings. The SMILES string of the molecule is COC(=O)Cc1ccc(OS(=O)(=O)c2cc(F)ccc2Cl)cc1. The quantitative estimate of drug-likeness (QED) is 0.607.